The summed E-state index contributed by atoms with van der Waals surface area (Å²) in [5.74, 6) is 0. The minimum absolute atomic E-state index is 0.306. The first-order valence-corrected chi connectivity index (χ1v) is 10.7. The van der Waals surface area contributed by atoms with Gasteiger partial charge in [-0.3, -0.25) is 0 Å². The Kier molecular flexibility index (Phi) is 7.43. The Labute approximate surface area is 153 Å². The third kappa shape index (κ3) is 5.51. The molecule has 0 saturated carbocycles. The highest BCUT2D eigenvalue weighted by Gasteiger charge is 2.31. The summed E-state index contributed by atoms with van der Waals surface area (Å²) >= 11 is 0. The second-order valence-electron chi connectivity index (χ2n) is 7.29. The van der Waals surface area contributed by atoms with Crippen LogP contribution < -0.4 is 0 Å². The molecule has 1 unspecified atom stereocenters. The van der Waals surface area contributed by atoms with Crippen molar-refractivity contribution in [2.45, 2.75) is 43.5 Å². The molecule has 0 radical (unpaired) electrons. The van der Waals surface area contributed by atoms with Crippen molar-refractivity contribution >= 4 is 10.0 Å². The number of sulfonamides is 1. The van der Waals surface area contributed by atoms with Gasteiger partial charge in [0.1, 0.15) is 0 Å². The maximum absolute atomic E-state index is 13.0. The number of likely N-dealkylation sites (N-methyl/N-ethyl adjacent to an activating group) is 1. The molecule has 6 heteroatoms. The molecule has 1 heterocycles. The first-order valence-electron chi connectivity index (χ1n) is 9.28. The van der Waals surface area contributed by atoms with Crippen molar-refractivity contribution < 1.29 is 8.42 Å². The molecule has 0 bridgehead atoms. The van der Waals surface area contributed by atoms with Gasteiger partial charge in [0.05, 0.1) is 4.90 Å². The third-order valence-corrected chi connectivity index (χ3v) is 6.95. The van der Waals surface area contributed by atoms with Crippen molar-refractivity contribution in [1.29, 1.82) is 0 Å². The highest BCUT2D eigenvalue weighted by Crippen LogP contribution is 2.23. The fourth-order valence-corrected chi connectivity index (χ4v) is 4.88. The number of piperidine rings is 1. The molecular formula is C19H33N3O2S. The molecule has 1 saturated heterocycles. The fraction of sp³-hybridized carbons (Fsp3) is 0.684. The molecular weight excluding hydrogens is 334 g/mol. The van der Waals surface area contributed by atoms with Crippen LogP contribution in [0, 0.1) is 0 Å². The van der Waals surface area contributed by atoms with Crippen molar-refractivity contribution in [3.8, 4) is 0 Å². The van der Waals surface area contributed by atoms with Crippen LogP contribution in [0.5, 0.6) is 0 Å². The van der Waals surface area contributed by atoms with Crippen molar-refractivity contribution in [1.82, 2.24) is 14.1 Å². The summed E-state index contributed by atoms with van der Waals surface area (Å²) in [6, 6.07) is 7.64. The Morgan fingerprint density at radius 3 is 2.40 bits per heavy atom. The van der Waals surface area contributed by atoms with Gasteiger partial charge in [-0.25, -0.2) is 8.42 Å². The van der Waals surface area contributed by atoms with Crippen LogP contribution >= 0.6 is 0 Å². The Hall–Kier alpha value is -0.950. The predicted molar refractivity (Wildman–Crippen MR) is 103 cm³/mol. The summed E-state index contributed by atoms with van der Waals surface area (Å²) in [5.41, 5.74) is 1.16. The number of hydrogen-bond donors (Lipinski definition) is 0. The van der Waals surface area contributed by atoms with Gasteiger partial charge >= 0.3 is 0 Å². The smallest absolute Gasteiger partial charge is 0.243 e. The number of rotatable bonds is 8. The van der Waals surface area contributed by atoms with Crippen molar-refractivity contribution in [2.75, 3.05) is 47.3 Å². The average molecular weight is 368 g/mol. The van der Waals surface area contributed by atoms with Crippen molar-refractivity contribution in [3.05, 3.63) is 29.8 Å². The molecule has 1 atom stereocenters. The lowest BCUT2D eigenvalue weighted by Gasteiger charge is -2.37. The zero-order chi connectivity index (χ0) is 18.4. The van der Waals surface area contributed by atoms with Gasteiger partial charge in [0, 0.05) is 19.1 Å². The largest absolute Gasteiger partial charge is 0.309 e. The predicted octanol–water partition coefficient (Wildman–Crippen LogP) is 2.29. The zero-order valence-corrected chi connectivity index (χ0v) is 16.9. The lowest BCUT2D eigenvalue weighted by Crippen LogP contribution is -2.48. The van der Waals surface area contributed by atoms with Crippen LogP contribution in [0.4, 0.5) is 0 Å². The number of aryl methyl sites for hydroxylation is 1. The Morgan fingerprint density at radius 1 is 1.12 bits per heavy atom. The molecule has 0 N–H and O–H groups in total. The van der Waals surface area contributed by atoms with Crippen LogP contribution in [0.2, 0.25) is 0 Å². The fourth-order valence-electron chi connectivity index (χ4n) is 3.36. The van der Waals surface area contributed by atoms with E-state index in [1.807, 2.05) is 12.1 Å². The molecule has 0 aliphatic carbocycles. The van der Waals surface area contributed by atoms with E-state index in [2.05, 4.69) is 37.9 Å². The van der Waals surface area contributed by atoms with Gasteiger partial charge in [-0.15, -0.1) is 0 Å². The van der Waals surface area contributed by atoms with Gasteiger partial charge in [-0.05, 0) is 77.6 Å². The molecule has 1 aromatic rings. The van der Waals surface area contributed by atoms with Crippen LogP contribution in [0.3, 0.4) is 0 Å². The third-order valence-electron chi connectivity index (χ3n) is 5.07. The summed E-state index contributed by atoms with van der Waals surface area (Å²) < 4.78 is 27.6. The highest BCUT2D eigenvalue weighted by molar-refractivity contribution is 7.89. The molecule has 0 aromatic heterocycles. The van der Waals surface area contributed by atoms with E-state index >= 15 is 0 Å². The maximum Gasteiger partial charge on any atom is 0.243 e. The van der Waals surface area contributed by atoms with E-state index in [9.17, 15) is 8.42 Å². The van der Waals surface area contributed by atoms with Crippen molar-refractivity contribution in [2.24, 2.45) is 0 Å². The topological polar surface area (TPSA) is 43.9 Å². The van der Waals surface area contributed by atoms with E-state index in [1.165, 1.54) is 0 Å². The normalized spacial score (nSPS) is 19.7. The molecule has 25 heavy (non-hydrogen) atoms. The number of hydrogen-bond acceptors (Lipinski definition) is 4. The highest BCUT2D eigenvalue weighted by atomic mass is 32.2. The molecule has 2 rings (SSSR count). The molecule has 1 fully saturated rings. The lowest BCUT2D eigenvalue weighted by atomic mass is 10.1. The maximum atomic E-state index is 13.0. The minimum Gasteiger partial charge on any atom is -0.309 e. The van der Waals surface area contributed by atoms with Crippen LogP contribution in [-0.2, 0) is 16.4 Å². The van der Waals surface area contributed by atoms with Crippen LogP contribution in [-0.4, -0.2) is 75.9 Å². The van der Waals surface area contributed by atoms with E-state index in [0.29, 0.717) is 24.0 Å². The van der Waals surface area contributed by atoms with E-state index in [1.54, 1.807) is 16.4 Å². The molecule has 1 aliphatic rings. The van der Waals surface area contributed by atoms with Gasteiger partial charge in [-0.2, -0.15) is 4.31 Å². The molecule has 0 spiro atoms. The van der Waals surface area contributed by atoms with E-state index in [-0.39, 0.29) is 0 Å². The SMILES string of the molecule is CCc1ccc(S(=O)(=O)N2CCCC(N(C)CCCN(C)C)C2)cc1. The molecule has 1 aliphatic heterocycles. The summed E-state index contributed by atoms with van der Waals surface area (Å²) in [6.07, 6.45) is 4.02. The monoisotopic (exact) mass is 367 g/mol. The van der Waals surface area contributed by atoms with Gasteiger partial charge in [-0.1, -0.05) is 19.1 Å². The van der Waals surface area contributed by atoms with Crippen LogP contribution in [0.1, 0.15) is 31.7 Å². The zero-order valence-electron chi connectivity index (χ0n) is 16.1. The lowest BCUT2D eigenvalue weighted by molar-refractivity contribution is 0.158. The van der Waals surface area contributed by atoms with Gasteiger partial charge in [0.2, 0.25) is 10.0 Å². The second kappa shape index (κ2) is 9.12. The number of benzene rings is 1. The van der Waals surface area contributed by atoms with E-state index in [0.717, 1.165) is 44.3 Å². The summed E-state index contributed by atoms with van der Waals surface area (Å²) in [4.78, 5) is 4.93. The van der Waals surface area contributed by atoms with Crippen LogP contribution in [0.15, 0.2) is 29.2 Å². The first kappa shape index (κ1) is 20.4. The standard InChI is InChI=1S/C19H33N3O2S/c1-5-17-9-11-19(12-10-17)25(23,24)22-15-6-8-18(16-22)21(4)14-7-13-20(2)3/h9-12,18H,5-8,13-16H2,1-4H3. The summed E-state index contributed by atoms with van der Waals surface area (Å²) in [6.45, 7) is 5.35. The molecule has 5 nitrogen and oxygen atoms in total. The summed E-state index contributed by atoms with van der Waals surface area (Å²) in [5, 5.41) is 0. The first-order chi connectivity index (χ1) is 11.8. The van der Waals surface area contributed by atoms with Gasteiger partial charge in [0.15, 0.2) is 0 Å². The Morgan fingerprint density at radius 2 is 1.80 bits per heavy atom. The quantitative estimate of drug-likeness (QED) is 0.707. The molecule has 0 amide bonds. The molecule has 142 valence electrons. The summed E-state index contributed by atoms with van der Waals surface area (Å²) in [7, 11) is 2.89. The van der Waals surface area contributed by atoms with Crippen LogP contribution in [0.25, 0.3) is 0 Å². The van der Waals surface area contributed by atoms with Gasteiger partial charge in [0.25, 0.3) is 0 Å². The molecule has 1 aromatic carbocycles. The Bertz CT molecular complexity index is 629. The number of nitrogens with zero attached hydrogens (tertiary/aromatic N) is 3. The van der Waals surface area contributed by atoms with E-state index < -0.39 is 10.0 Å². The minimum atomic E-state index is -3.39. The van der Waals surface area contributed by atoms with E-state index in [4.69, 9.17) is 0 Å². The second-order valence-corrected chi connectivity index (χ2v) is 9.23. The van der Waals surface area contributed by atoms with Gasteiger partial charge < -0.3 is 9.80 Å². The van der Waals surface area contributed by atoms with Crippen molar-refractivity contribution in [3.63, 3.8) is 0 Å². The Balaban J connectivity index is 2.01. The average Bonchev–Trinajstić information content (AvgIpc) is 2.61.